The molecule has 4 nitrogen and oxygen atoms in total. The molecule has 1 aromatic carbocycles. The summed E-state index contributed by atoms with van der Waals surface area (Å²) >= 11 is 7.29. The minimum absolute atomic E-state index is 0.185. The predicted molar refractivity (Wildman–Crippen MR) is 77.7 cm³/mol. The van der Waals surface area contributed by atoms with Crippen LogP contribution in [0, 0.1) is 6.92 Å². The second-order valence-corrected chi connectivity index (χ2v) is 5.38. The van der Waals surface area contributed by atoms with Crippen LogP contribution in [0.2, 0.25) is 5.02 Å². The Morgan fingerprint density at radius 3 is 2.84 bits per heavy atom. The van der Waals surface area contributed by atoms with E-state index in [9.17, 15) is 4.79 Å². The fourth-order valence-electron chi connectivity index (χ4n) is 1.42. The van der Waals surface area contributed by atoms with Gasteiger partial charge in [-0.2, -0.15) is 5.10 Å². The normalized spacial score (nSPS) is 10.8. The van der Waals surface area contributed by atoms with Gasteiger partial charge in [0.05, 0.1) is 23.3 Å². The third-order valence-corrected chi connectivity index (χ3v) is 3.36. The number of thiazole rings is 1. The van der Waals surface area contributed by atoms with Crippen LogP contribution in [0.15, 0.2) is 34.7 Å². The summed E-state index contributed by atoms with van der Waals surface area (Å²) in [5, 5.41) is 7.37. The van der Waals surface area contributed by atoms with Crippen molar-refractivity contribution in [2.24, 2.45) is 5.10 Å². The van der Waals surface area contributed by atoms with E-state index in [1.165, 1.54) is 11.3 Å². The number of nitrogens with zero attached hydrogens (tertiary/aromatic N) is 2. The molecule has 2 aromatic rings. The Morgan fingerprint density at radius 1 is 1.47 bits per heavy atom. The highest BCUT2D eigenvalue weighted by Crippen LogP contribution is 2.09. The maximum absolute atomic E-state index is 11.6. The fraction of sp³-hybridized carbons (Fsp3) is 0.154. The highest BCUT2D eigenvalue weighted by molar-refractivity contribution is 7.09. The summed E-state index contributed by atoms with van der Waals surface area (Å²) in [7, 11) is 0. The van der Waals surface area contributed by atoms with E-state index in [0.29, 0.717) is 5.02 Å². The Labute approximate surface area is 120 Å². The summed E-state index contributed by atoms with van der Waals surface area (Å²) in [6.45, 7) is 1.91. The van der Waals surface area contributed by atoms with Crippen molar-refractivity contribution in [3.05, 3.63) is 50.9 Å². The predicted octanol–water partition coefficient (Wildman–Crippen LogP) is 2.80. The third-order valence-electron chi connectivity index (χ3n) is 2.28. The number of halogens is 1. The van der Waals surface area contributed by atoms with Crippen LogP contribution >= 0.6 is 22.9 Å². The minimum atomic E-state index is -0.185. The number of carbonyl (C=O) groups excluding carboxylic acids is 1. The summed E-state index contributed by atoms with van der Waals surface area (Å²) in [5.41, 5.74) is 4.10. The van der Waals surface area contributed by atoms with Gasteiger partial charge in [-0.05, 0) is 24.6 Å². The minimum Gasteiger partial charge on any atom is -0.273 e. The number of rotatable bonds is 4. The molecule has 0 unspecified atom stereocenters. The first kappa shape index (κ1) is 13.7. The first-order chi connectivity index (χ1) is 9.13. The number of aryl methyl sites for hydroxylation is 1. The molecule has 0 aliphatic rings. The summed E-state index contributed by atoms with van der Waals surface area (Å²) in [5.74, 6) is -0.185. The molecule has 1 N–H and O–H groups in total. The van der Waals surface area contributed by atoms with Crippen molar-refractivity contribution in [2.45, 2.75) is 13.3 Å². The lowest BCUT2D eigenvalue weighted by Gasteiger charge is -1.97. The molecule has 0 saturated carbocycles. The average Bonchev–Trinajstić information content (AvgIpc) is 2.77. The van der Waals surface area contributed by atoms with Gasteiger partial charge < -0.3 is 0 Å². The zero-order valence-corrected chi connectivity index (χ0v) is 11.8. The maximum Gasteiger partial charge on any atom is 0.246 e. The molecule has 0 radical (unpaired) electrons. The topological polar surface area (TPSA) is 54.4 Å². The van der Waals surface area contributed by atoms with Gasteiger partial charge in [0.2, 0.25) is 5.91 Å². The van der Waals surface area contributed by atoms with Gasteiger partial charge in [0.25, 0.3) is 0 Å². The number of hydrazone groups is 1. The van der Waals surface area contributed by atoms with Crippen molar-refractivity contribution in [3.8, 4) is 0 Å². The van der Waals surface area contributed by atoms with Gasteiger partial charge >= 0.3 is 0 Å². The summed E-state index contributed by atoms with van der Waals surface area (Å²) in [4.78, 5) is 15.8. The number of amides is 1. The Hall–Kier alpha value is -1.72. The van der Waals surface area contributed by atoms with Crippen LogP contribution < -0.4 is 5.43 Å². The molecule has 6 heteroatoms. The van der Waals surface area contributed by atoms with E-state index in [2.05, 4.69) is 15.5 Å². The molecule has 1 aromatic heterocycles. The second-order valence-electron chi connectivity index (χ2n) is 3.88. The Bertz CT molecular complexity index is 592. The SMILES string of the molecule is Cc1nc(CC(=O)N/N=C\c2ccc(Cl)cc2)cs1. The molecular weight excluding hydrogens is 282 g/mol. The largest absolute Gasteiger partial charge is 0.273 e. The molecule has 0 aliphatic carbocycles. The van der Waals surface area contributed by atoms with E-state index >= 15 is 0 Å². The van der Waals surface area contributed by atoms with Gasteiger partial charge in [-0.3, -0.25) is 4.79 Å². The molecule has 19 heavy (non-hydrogen) atoms. The van der Waals surface area contributed by atoms with Crippen LogP contribution in [0.5, 0.6) is 0 Å². The number of carbonyl (C=O) groups is 1. The van der Waals surface area contributed by atoms with E-state index in [0.717, 1.165) is 16.3 Å². The molecule has 0 saturated heterocycles. The first-order valence-electron chi connectivity index (χ1n) is 5.62. The standard InChI is InChI=1S/C13H12ClN3OS/c1-9-16-12(8-19-9)6-13(18)17-15-7-10-2-4-11(14)5-3-10/h2-5,7-8H,6H2,1H3,(H,17,18)/b15-7-. The average molecular weight is 294 g/mol. The monoisotopic (exact) mass is 293 g/mol. The lowest BCUT2D eigenvalue weighted by Crippen LogP contribution is -2.19. The van der Waals surface area contributed by atoms with Gasteiger partial charge in [0, 0.05) is 10.4 Å². The molecule has 98 valence electrons. The van der Waals surface area contributed by atoms with Gasteiger partial charge in [-0.25, -0.2) is 10.4 Å². The quantitative estimate of drug-likeness (QED) is 0.696. The van der Waals surface area contributed by atoms with E-state index in [1.807, 2.05) is 24.4 Å². The number of hydrogen-bond donors (Lipinski definition) is 1. The lowest BCUT2D eigenvalue weighted by atomic mass is 10.2. The van der Waals surface area contributed by atoms with E-state index in [-0.39, 0.29) is 12.3 Å². The van der Waals surface area contributed by atoms with Crippen molar-refractivity contribution >= 4 is 35.1 Å². The van der Waals surface area contributed by atoms with Crippen LogP contribution in [0.25, 0.3) is 0 Å². The molecule has 0 fully saturated rings. The van der Waals surface area contributed by atoms with Crippen molar-refractivity contribution in [2.75, 3.05) is 0 Å². The zero-order chi connectivity index (χ0) is 13.7. The van der Waals surface area contributed by atoms with Crippen LogP contribution in [-0.4, -0.2) is 17.1 Å². The van der Waals surface area contributed by atoms with Crippen LogP contribution in [0.3, 0.4) is 0 Å². The summed E-state index contributed by atoms with van der Waals surface area (Å²) < 4.78 is 0. The highest BCUT2D eigenvalue weighted by Gasteiger charge is 2.04. The van der Waals surface area contributed by atoms with Crippen LogP contribution in [0.4, 0.5) is 0 Å². The molecule has 1 heterocycles. The Morgan fingerprint density at radius 2 is 2.21 bits per heavy atom. The van der Waals surface area contributed by atoms with Crippen molar-refractivity contribution < 1.29 is 4.79 Å². The fourth-order valence-corrected chi connectivity index (χ4v) is 2.16. The van der Waals surface area contributed by atoms with Crippen molar-refractivity contribution in [1.82, 2.24) is 10.4 Å². The summed E-state index contributed by atoms with van der Waals surface area (Å²) in [6, 6.07) is 7.18. The third kappa shape index (κ3) is 4.46. The molecule has 0 aliphatic heterocycles. The van der Waals surface area contributed by atoms with Crippen molar-refractivity contribution in [3.63, 3.8) is 0 Å². The molecular formula is C13H12ClN3OS. The molecule has 0 spiro atoms. The maximum atomic E-state index is 11.6. The number of benzene rings is 1. The highest BCUT2D eigenvalue weighted by atomic mass is 35.5. The van der Waals surface area contributed by atoms with Crippen molar-refractivity contribution in [1.29, 1.82) is 0 Å². The van der Waals surface area contributed by atoms with Gasteiger partial charge in [0.1, 0.15) is 0 Å². The molecule has 2 rings (SSSR count). The number of aromatic nitrogens is 1. The first-order valence-corrected chi connectivity index (χ1v) is 6.88. The molecule has 0 atom stereocenters. The Kier molecular flexibility index (Phi) is 4.65. The van der Waals surface area contributed by atoms with Gasteiger partial charge in [0.15, 0.2) is 0 Å². The molecule has 1 amide bonds. The summed E-state index contributed by atoms with van der Waals surface area (Å²) in [6.07, 6.45) is 1.81. The van der Waals surface area contributed by atoms with E-state index < -0.39 is 0 Å². The smallest absolute Gasteiger partial charge is 0.246 e. The van der Waals surface area contributed by atoms with Gasteiger partial charge in [-0.1, -0.05) is 23.7 Å². The van der Waals surface area contributed by atoms with Crippen LogP contribution in [-0.2, 0) is 11.2 Å². The lowest BCUT2D eigenvalue weighted by molar-refractivity contribution is -0.120. The zero-order valence-electron chi connectivity index (χ0n) is 10.3. The molecule has 0 bridgehead atoms. The van der Waals surface area contributed by atoms with E-state index in [1.54, 1.807) is 18.3 Å². The van der Waals surface area contributed by atoms with Crippen LogP contribution in [0.1, 0.15) is 16.3 Å². The number of nitrogens with one attached hydrogen (secondary N) is 1. The van der Waals surface area contributed by atoms with Gasteiger partial charge in [-0.15, -0.1) is 11.3 Å². The number of hydrogen-bond acceptors (Lipinski definition) is 4. The Balaban J connectivity index is 1.84. The second kappa shape index (κ2) is 6.45. The van der Waals surface area contributed by atoms with E-state index in [4.69, 9.17) is 11.6 Å².